The number of methoxy groups -OCH3 is 1. The predicted molar refractivity (Wildman–Crippen MR) is 123 cm³/mol. The first kappa shape index (κ1) is 23.9. The smallest absolute Gasteiger partial charge is 0.343 e. The third-order valence-corrected chi connectivity index (χ3v) is 4.51. The van der Waals surface area contributed by atoms with Gasteiger partial charge in [-0.2, -0.15) is 5.10 Å². The van der Waals surface area contributed by atoms with Gasteiger partial charge in [-0.15, -0.1) is 0 Å². The molecule has 0 unspecified atom stereocenters. The van der Waals surface area contributed by atoms with Crippen molar-refractivity contribution >= 4 is 23.8 Å². The van der Waals surface area contributed by atoms with Crippen molar-refractivity contribution in [2.75, 3.05) is 7.11 Å². The number of ether oxygens (including phenoxy) is 3. The molecule has 34 heavy (non-hydrogen) atoms. The lowest BCUT2D eigenvalue weighted by molar-refractivity contribution is -0.384. The Balaban J connectivity index is 1.53. The van der Waals surface area contributed by atoms with Gasteiger partial charge in [0.05, 0.1) is 23.8 Å². The summed E-state index contributed by atoms with van der Waals surface area (Å²) in [6, 6.07) is 18.5. The molecular weight excluding hydrogens is 442 g/mol. The molecule has 0 aliphatic rings. The van der Waals surface area contributed by atoms with Crippen LogP contribution in [0.3, 0.4) is 0 Å². The minimum atomic E-state index is -0.893. The maximum Gasteiger partial charge on any atom is 0.343 e. The summed E-state index contributed by atoms with van der Waals surface area (Å²) in [4.78, 5) is 34.7. The SMILES string of the molecule is COc1ccc(C(=O)Oc2cccc(/C=N\NC(=O)[C@H](C)Oc3ccc([N+](=O)[O-])cc3)c2)cc1. The predicted octanol–water partition coefficient (Wildman–Crippen LogP) is 3.74. The second kappa shape index (κ2) is 11.2. The van der Waals surface area contributed by atoms with E-state index in [1.165, 1.54) is 44.5 Å². The Kier molecular flexibility index (Phi) is 7.90. The molecule has 174 valence electrons. The molecular formula is C24H21N3O7. The number of rotatable bonds is 9. The fraction of sp³-hybridized carbons (Fsp3) is 0.125. The molecule has 0 radical (unpaired) electrons. The van der Waals surface area contributed by atoms with E-state index in [4.69, 9.17) is 14.2 Å². The molecule has 0 heterocycles. The van der Waals surface area contributed by atoms with Gasteiger partial charge in [-0.1, -0.05) is 12.1 Å². The summed E-state index contributed by atoms with van der Waals surface area (Å²) < 4.78 is 15.9. The van der Waals surface area contributed by atoms with Crippen LogP contribution in [0.15, 0.2) is 77.9 Å². The quantitative estimate of drug-likeness (QED) is 0.168. The molecule has 0 aromatic heterocycles. The zero-order valence-corrected chi connectivity index (χ0v) is 18.3. The van der Waals surface area contributed by atoms with E-state index in [-0.39, 0.29) is 5.69 Å². The normalized spacial score (nSPS) is 11.5. The summed E-state index contributed by atoms with van der Waals surface area (Å²) in [6.45, 7) is 1.52. The molecule has 0 spiro atoms. The third kappa shape index (κ3) is 6.63. The Morgan fingerprint density at radius 2 is 1.68 bits per heavy atom. The lowest BCUT2D eigenvalue weighted by Crippen LogP contribution is -2.33. The number of esters is 1. The monoisotopic (exact) mass is 463 g/mol. The highest BCUT2D eigenvalue weighted by Gasteiger charge is 2.15. The molecule has 0 fully saturated rings. The number of benzene rings is 3. The minimum Gasteiger partial charge on any atom is -0.497 e. The first-order chi connectivity index (χ1) is 16.4. The number of carbonyl (C=O) groups excluding carboxylic acids is 2. The molecule has 0 saturated heterocycles. The van der Waals surface area contributed by atoms with E-state index in [0.717, 1.165) is 0 Å². The number of nitro benzene ring substituents is 1. The summed E-state index contributed by atoms with van der Waals surface area (Å²) in [6.07, 6.45) is 0.497. The molecule has 0 aliphatic carbocycles. The number of nitrogens with one attached hydrogen (secondary N) is 1. The van der Waals surface area contributed by atoms with Crippen molar-refractivity contribution in [2.45, 2.75) is 13.0 Å². The zero-order valence-electron chi connectivity index (χ0n) is 18.3. The van der Waals surface area contributed by atoms with Crippen molar-refractivity contribution in [2.24, 2.45) is 5.10 Å². The highest BCUT2D eigenvalue weighted by atomic mass is 16.6. The Labute approximate surface area is 194 Å². The van der Waals surface area contributed by atoms with Crippen LogP contribution in [0.4, 0.5) is 5.69 Å². The van der Waals surface area contributed by atoms with Crippen LogP contribution >= 0.6 is 0 Å². The Morgan fingerprint density at radius 1 is 1.00 bits per heavy atom. The number of hydrogen-bond donors (Lipinski definition) is 1. The summed E-state index contributed by atoms with van der Waals surface area (Å²) in [5.41, 5.74) is 3.23. The minimum absolute atomic E-state index is 0.0778. The number of nitrogens with zero attached hydrogens (tertiary/aromatic N) is 2. The maximum absolute atomic E-state index is 12.3. The topological polar surface area (TPSA) is 129 Å². The van der Waals surface area contributed by atoms with Gasteiger partial charge in [-0.05, 0) is 61.0 Å². The average Bonchev–Trinajstić information content (AvgIpc) is 2.84. The van der Waals surface area contributed by atoms with Gasteiger partial charge < -0.3 is 14.2 Å². The van der Waals surface area contributed by atoms with Crippen LogP contribution < -0.4 is 19.6 Å². The standard InChI is InChI=1S/C24H21N3O7/c1-16(33-21-12-8-19(9-13-21)27(30)31)23(28)26-25-15-17-4-3-5-22(14-17)34-24(29)18-6-10-20(32-2)11-7-18/h3-16H,1-2H3,(H,26,28)/b25-15-/t16-/m0/s1. The fourth-order valence-electron chi connectivity index (χ4n) is 2.72. The van der Waals surface area contributed by atoms with Crippen LogP contribution in [0.25, 0.3) is 0 Å². The van der Waals surface area contributed by atoms with Crippen molar-refractivity contribution in [1.29, 1.82) is 0 Å². The largest absolute Gasteiger partial charge is 0.497 e. The van der Waals surface area contributed by atoms with Crippen molar-refractivity contribution in [1.82, 2.24) is 5.43 Å². The first-order valence-corrected chi connectivity index (χ1v) is 10.1. The van der Waals surface area contributed by atoms with Crippen LogP contribution in [-0.2, 0) is 4.79 Å². The Morgan fingerprint density at radius 3 is 2.32 bits per heavy atom. The summed E-state index contributed by atoms with van der Waals surface area (Å²) in [5, 5.41) is 14.6. The third-order valence-electron chi connectivity index (χ3n) is 4.51. The zero-order chi connectivity index (χ0) is 24.5. The lowest BCUT2D eigenvalue weighted by atomic mass is 10.2. The fourth-order valence-corrected chi connectivity index (χ4v) is 2.72. The molecule has 0 aliphatic heterocycles. The van der Waals surface area contributed by atoms with E-state index in [1.807, 2.05) is 0 Å². The molecule has 1 amide bonds. The maximum atomic E-state index is 12.3. The van der Waals surface area contributed by atoms with Gasteiger partial charge in [0.2, 0.25) is 0 Å². The van der Waals surface area contributed by atoms with E-state index in [0.29, 0.717) is 28.4 Å². The van der Waals surface area contributed by atoms with Crippen LogP contribution in [0.2, 0.25) is 0 Å². The number of carbonyl (C=O) groups is 2. The summed E-state index contributed by atoms with van der Waals surface area (Å²) in [7, 11) is 1.54. The van der Waals surface area contributed by atoms with E-state index in [9.17, 15) is 19.7 Å². The highest BCUT2D eigenvalue weighted by molar-refractivity contribution is 5.91. The molecule has 3 aromatic carbocycles. The van der Waals surface area contributed by atoms with Gasteiger partial charge in [0.25, 0.3) is 11.6 Å². The first-order valence-electron chi connectivity index (χ1n) is 10.1. The van der Waals surface area contributed by atoms with Gasteiger partial charge in [0.15, 0.2) is 6.10 Å². The molecule has 10 nitrogen and oxygen atoms in total. The van der Waals surface area contributed by atoms with Crippen LogP contribution in [0, 0.1) is 10.1 Å². The number of non-ortho nitro benzene ring substituents is 1. The van der Waals surface area contributed by atoms with Gasteiger partial charge >= 0.3 is 5.97 Å². The van der Waals surface area contributed by atoms with E-state index < -0.39 is 22.9 Å². The molecule has 1 N–H and O–H groups in total. The highest BCUT2D eigenvalue weighted by Crippen LogP contribution is 2.19. The van der Waals surface area contributed by atoms with Gasteiger partial charge in [-0.25, -0.2) is 10.2 Å². The lowest BCUT2D eigenvalue weighted by Gasteiger charge is -2.12. The number of hydrazone groups is 1. The van der Waals surface area contributed by atoms with Gasteiger partial charge in [0.1, 0.15) is 17.2 Å². The second-order valence-electron chi connectivity index (χ2n) is 6.94. The average molecular weight is 463 g/mol. The van der Waals surface area contributed by atoms with Gasteiger partial charge in [0, 0.05) is 12.1 Å². The summed E-state index contributed by atoms with van der Waals surface area (Å²) >= 11 is 0. The van der Waals surface area contributed by atoms with Crippen molar-refractivity contribution in [3.05, 3.63) is 94.0 Å². The molecule has 1 atom stereocenters. The van der Waals surface area contributed by atoms with E-state index in [1.54, 1.807) is 48.5 Å². The van der Waals surface area contributed by atoms with Crippen molar-refractivity contribution in [3.8, 4) is 17.2 Å². The number of amides is 1. The van der Waals surface area contributed by atoms with Crippen LogP contribution in [-0.4, -0.2) is 36.2 Å². The Bertz CT molecular complexity index is 1190. The van der Waals surface area contributed by atoms with Crippen LogP contribution in [0.5, 0.6) is 17.2 Å². The number of hydrogen-bond acceptors (Lipinski definition) is 8. The van der Waals surface area contributed by atoms with E-state index in [2.05, 4.69) is 10.5 Å². The van der Waals surface area contributed by atoms with Crippen molar-refractivity contribution in [3.63, 3.8) is 0 Å². The summed E-state index contributed by atoms with van der Waals surface area (Å²) in [5.74, 6) is 0.206. The van der Waals surface area contributed by atoms with Crippen molar-refractivity contribution < 1.29 is 28.7 Å². The van der Waals surface area contributed by atoms with E-state index >= 15 is 0 Å². The number of nitro groups is 1. The van der Waals surface area contributed by atoms with Gasteiger partial charge in [-0.3, -0.25) is 14.9 Å². The molecule has 0 bridgehead atoms. The van der Waals surface area contributed by atoms with Crippen LogP contribution in [0.1, 0.15) is 22.8 Å². The molecule has 3 rings (SSSR count). The second-order valence-corrected chi connectivity index (χ2v) is 6.94. The Hall–Kier alpha value is -4.73. The molecule has 10 heteroatoms. The molecule has 0 saturated carbocycles. The molecule has 3 aromatic rings.